The highest BCUT2D eigenvalue weighted by Crippen LogP contribution is 2.22. The number of anilines is 4. The Kier molecular flexibility index (Phi) is 5.14. The third-order valence-electron chi connectivity index (χ3n) is 4.59. The Balaban J connectivity index is 1.44. The van der Waals surface area contributed by atoms with Crippen molar-refractivity contribution in [3.05, 3.63) is 66.1 Å². The second kappa shape index (κ2) is 8.04. The largest absolute Gasteiger partial charge is 0.356 e. The van der Waals surface area contributed by atoms with Crippen LogP contribution in [0.2, 0.25) is 0 Å². The number of carbonyl (C=O) groups is 1. The number of rotatable bonds is 5. The van der Waals surface area contributed by atoms with Crippen LogP contribution in [0.3, 0.4) is 0 Å². The van der Waals surface area contributed by atoms with E-state index >= 15 is 0 Å². The van der Waals surface area contributed by atoms with Gasteiger partial charge in [0, 0.05) is 48.6 Å². The number of carbonyl (C=O) groups excluding carboxylic acids is 1. The zero-order valence-corrected chi connectivity index (χ0v) is 15.7. The number of hydrogen-bond donors (Lipinski definition) is 2. The van der Waals surface area contributed by atoms with E-state index in [-0.39, 0.29) is 5.91 Å². The van der Waals surface area contributed by atoms with Crippen molar-refractivity contribution in [1.82, 2.24) is 15.0 Å². The maximum absolute atomic E-state index is 12.2. The Labute approximate surface area is 163 Å². The molecule has 0 atom stereocenters. The number of pyridine rings is 1. The number of amides is 1. The molecule has 7 heteroatoms. The number of hydrogen-bond acceptors (Lipinski definition) is 6. The summed E-state index contributed by atoms with van der Waals surface area (Å²) in [6, 6.07) is 12.9. The van der Waals surface area contributed by atoms with Crippen LogP contribution in [0.1, 0.15) is 28.9 Å². The van der Waals surface area contributed by atoms with Crippen molar-refractivity contribution >= 4 is 29.0 Å². The van der Waals surface area contributed by atoms with Gasteiger partial charge in [-0.15, -0.1) is 0 Å². The Morgan fingerprint density at radius 1 is 1.04 bits per heavy atom. The number of nitrogens with zero attached hydrogens (tertiary/aromatic N) is 4. The molecule has 0 unspecified atom stereocenters. The molecule has 28 heavy (non-hydrogen) atoms. The first-order chi connectivity index (χ1) is 13.7. The van der Waals surface area contributed by atoms with Crippen LogP contribution in [-0.4, -0.2) is 33.9 Å². The lowest BCUT2D eigenvalue weighted by Crippen LogP contribution is -2.19. The summed E-state index contributed by atoms with van der Waals surface area (Å²) in [6.07, 6.45) is 5.59. The molecular weight excluding hydrogens is 352 g/mol. The van der Waals surface area contributed by atoms with Crippen molar-refractivity contribution in [2.75, 3.05) is 28.6 Å². The van der Waals surface area contributed by atoms with Gasteiger partial charge in [0.05, 0.1) is 5.56 Å². The zero-order chi connectivity index (χ0) is 19.3. The van der Waals surface area contributed by atoms with E-state index in [1.165, 1.54) is 19.0 Å². The van der Waals surface area contributed by atoms with Crippen LogP contribution in [-0.2, 0) is 0 Å². The summed E-state index contributed by atoms with van der Waals surface area (Å²) in [6.45, 7) is 4.06. The van der Waals surface area contributed by atoms with Crippen LogP contribution in [0.4, 0.5) is 23.1 Å². The fourth-order valence-corrected chi connectivity index (χ4v) is 3.18. The van der Waals surface area contributed by atoms with Crippen LogP contribution < -0.4 is 15.5 Å². The molecule has 0 spiro atoms. The first kappa shape index (κ1) is 17.9. The van der Waals surface area contributed by atoms with Gasteiger partial charge < -0.3 is 15.5 Å². The fraction of sp³-hybridized carbons (Fsp3) is 0.238. The predicted octanol–water partition coefficient (Wildman–Crippen LogP) is 3.78. The minimum atomic E-state index is -0.189. The number of aryl methyl sites for hydroxylation is 1. The van der Waals surface area contributed by atoms with E-state index in [0.717, 1.165) is 30.3 Å². The van der Waals surface area contributed by atoms with Gasteiger partial charge in [-0.25, -0.2) is 4.98 Å². The molecule has 1 aliphatic rings. The molecule has 0 saturated carbocycles. The van der Waals surface area contributed by atoms with E-state index < -0.39 is 0 Å². The van der Waals surface area contributed by atoms with E-state index in [2.05, 4.69) is 30.5 Å². The molecule has 2 aromatic heterocycles. The Bertz CT molecular complexity index is 952. The quantitative estimate of drug-likeness (QED) is 0.707. The molecule has 0 bridgehead atoms. The number of aromatic nitrogens is 3. The monoisotopic (exact) mass is 374 g/mol. The van der Waals surface area contributed by atoms with Gasteiger partial charge in [-0.1, -0.05) is 0 Å². The van der Waals surface area contributed by atoms with Crippen LogP contribution in [0.5, 0.6) is 0 Å². The molecule has 0 aliphatic carbocycles. The third-order valence-corrected chi connectivity index (χ3v) is 4.59. The maximum atomic E-state index is 12.2. The molecule has 1 saturated heterocycles. The molecule has 3 heterocycles. The molecule has 0 radical (unpaired) electrons. The molecule has 2 N–H and O–H groups in total. The second-order valence-corrected chi connectivity index (χ2v) is 6.78. The lowest BCUT2D eigenvalue weighted by atomic mass is 10.2. The van der Waals surface area contributed by atoms with Crippen LogP contribution in [0.25, 0.3) is 0 Å². The van der Waals surface area contributed by atoms with Crippen molar-refractivity contribution < 1.29 is 4.79 Å². The lowest BCUT2D eigenvalue weighted by Gasteiger charge is -2.17. The normalized spacial score (nSPS) is 13.4. The molecule has 3 aromatic rings. The summed E-state index contributed by atoms with van der Waals surface area (Å²) >= 11 is 0. The lowest BCUT2D eigenvalue weighted by molar-refractivity contribution is 0.102. The molecule has 4 rings (SSSR count). The van der Waals surface area contributed by atoms with Gasteiger partial charge in [-0.05, 0) is 56.2 Å². The summed E-state index contributed by atoms with van der Waals surface area (Å²) in [5.41, 5.74) is 3.02. The smallest absolute Gasteiger partial charge is 0.257 e. The average molecular weight is 374 g/mol. The van der Waals surface area contributed by atoms with Crippen LogP contribution in [0, 0.1) is 6.92 Å². The summed E-state index contributed by atoms with van der Waals surface area (Å²) in [7, 11) is 0. The molecule has 142 valence electrons. The van der Waals surface area contributed by atoms with E-state index in [4.69, 9.17) is 0 Å². The minimum Gasteiger partial charge on any atom is -0.356 e. The average Bonchev–Trinajstić information content (AvgIpc) is 3.25. The molecule has 1 amide bonds. The Morgan fingerprint density at radius 3 is 2.50 bits per heavy atom. The van der Waals surface area contributed by atoms with Gasteiger partial charge in [0.15, 0.2) is 0 Å². The first-order valence-electron chi connectivity index (χ1n) is 9.36. The van der Waals surface area contributed by atoms with Gasteiger partial charge in [-0.2, -0.15) is 4.98 Å². The summed E-state index contributed by atoms with van der Waals surface area (Å²) in [4.78, 5) is 27.6. The summed E-state index contributed by atoms with van der Waals surface area (Å²) in [5, 5.41) is 6.11. The predicted molar refractivity (Wildman–Crippen MR) is 110 cm³/mol. The molecular formula is C21H22N6O. The molecule has 1 aromatic carbocycles. The number of benzene rings is 1. The summed E-state index contributed by atoms with van der Waals surface area (Å²) < 4.78 is 0. The molecule has 1 fully saturated rings. The van der Waals surface area contributed by atoms with Gasteiger partial charge in [0.2, 0.25) is 5.95 Å². The maximum Gasteiger partial charge on any atom is 0.257 e. The fourth-order valence-electron chi connectivity index (χ4n) is 3.18. The number of nitrogens with one attached hydrogen (secondary N) is 2. The van der Waals surface area contributed by atoms with E-state index in [1.54, 1.807) is 18.3 Å². The minimum absolute atomic E-state index is 0.189. The van der Waals surface area contributed by atoms with Crippen molar-refractivity contribution in [3.63, 3.8) is 0 Å². The topological polar surface area (TPSA) is 83.0 Å². The van der Waals surface area contributed by atoms with Crippen LogP contribution in [0.15, 0.2) is 54.9 Å². The summed E-state index contributed by atoms with van der Waals surface area (Å²) in [5.74, 6) is 1.35. The van der Waals surface area contributed by atoms with E-state index in [9.17, 15) is 4.79 Å². The van der Waals surface area contributed by atoms with E-state index in [1.807, 2.05) is 37.3 Å². The molecule has 1 aliphatic heterocycles. The zero-order valence-electron chi connectivity index (χ0n) is 15.7. The van der Waals surface area contributed by atoms with Gasteiger partial charge in [0.1, 0.15) is 5.82 Å². The van der Waals surface area contributed by atoms with Crippen molar-refractivity contribution in [3.8, 4) is 0 Å². The highest BCUT2D eigenvalue weighted by Gasteiger charge is 2.15. The molecule has 7 nitrogen and oxygen atoms in total. The SMILES string of the molecule is Cc1cc(N2CCCC2)nc(Nc2ccc(NC(=O)c3cccnc3)cc2)n1. The Morgan fingerprint density at radius 2 is 1.79 bits per heavy atom. The van der Waals surface area contributed by atoms with Gasteiger partial charge >= 0.3 is 0 Å². The van der Waals surface area contributed by atoms with Crippen molar-refractivity contribution in [1.29, 1.82) is 0 Å². The van der Waals surface area contributed by atoms with E-state index in [0.29, 0.717) is 17.2 Å². The van der Waals surface area contributed by atoms with Gasteiger partial charge in [-0.3, -0.25) is 9.78 Å². The van der Waals surface area contributed by atoms with Gasteiger partial charge in [0.25, 0.3) is 5.91 Å². The first-order valence-corrected chi connectivity index (χ1v) is 9.36. The third kappa shape index (κ3) is 4.25. The highest BCUT2D eigenvalue weighted by molar-refractivity contribution is 6.04. The standard InChI is InChI=1S/C21H22N6O/c1-15-13-19(27-11-2-3-12-27)26-21(23-15)25-18-8-6-17(7-9-18)24-20(28)16-5-4-10-22-14-16/h4-10,13-14H,2-3,11-12H2,1H3,(H,24,28)(H,23,25,26). The van der Waals surface area contributed by atoms with Crippen molar-refractivity contribution in [2.24, 2.45) is 0 Å². The van der Waals surface area contributed by atoms with Crippen LogP contribution >= 0.6 is 0 Å². The highest BCUT2D eigenvalue weighted by atomic mass is 16.1. The second-order valence-electron chi connectivity index (χ2n) is 6.78. The Hall–Kier alpha value is -3.48. The van der Waals surface area contributed by atoms with Crippen molar-refractivity contribution in [2.45, 2.75) is 19.8 Å².